The molecule has 0 atom stereocenters. The molecule has 0 aliphatic rings. The molecule has 1 aromatic carbocycles. The smallest absolute Gasteiger partial charge is 0.437 e. The number of esters is 1. The summed E-state index contributed by atoms with van der Waals surface area (Å²) in [7, 11) is 0. The molecule has 0 bridgehead atoms. The van der Waals surface area contributed by atoms with Gasteiger partial charge in [0.1, 0.15) is 6.61 Å². The molecule has 3 nitrogen and oxygen atoms in total. The Morgan fingerprint density at radius 1 is 1.05 bits per heavy atom. The van der Waals surface area contributed by atoms with Crippen LogP contribution in [0, 0.1) is 0 Å². The minimum Gasteiger partial charge on any atom is -0.458 e. The van der Waals surface area contributed by atoms with Crippen LogP contribution in [-0.2, 0) is 16.1 Å². The maximum Gasteiger partial charge on any atom is 0.437 e. The van der Waals surface area contributed by atoms with Crippen LogP contribution in [0.2, 0.25) is 0 Å². The molecule has 0 spiro atoms. The number of carbonyl (C=O) groups excluding carboxylic acids is 1. The van der Waals surface area contributed by atoms with E-state index in [9.17, 15) is 31.1 Å². The lowest BCUT2D eigenvalue weighted by atomic mass is 10.0. The summed E-state index contributed by atoms with van der Waals surface area (Å²) >= 11 is 3.06. The number of hydrogen-bond donors (Lipinski definition) is 1. The molecule has 1 aromatic rings. The van der Waals surface area contributed by atoms with E-state index in [1.165, 1.54) is 24.3 Å². The minimum absolute atomic E-state index is 0.151. The predicted molar refractivity (Wildman–Crippen MR) is 61.0 cm³/mol. The summed E-state index contributed by atoms with van der Waals surface area (Å²) in [5, 5.41) is 8.74. The SMILES string of the molecule is O=C(OCc1ccc(Br)cc1)C(O)(C(F)(F)F)C(F)(F)F. The van der Waals surface area contributed by atoms with Crippen molar-refractivity contribution in [2.75, 3.05) is 0 Å². The van der Waals surface area contributed by atoms with Crippen LogP contribution >= 0.6 is 15.9 Å². The van der Waals surface area contributed by atoms with Crippen LogP contribution in [-0.4, -0.2) is 29.0 Å². The second kappa shape index (κ2) is 5.84. The number of benzene rings is 1. The standard InChI is InChI=1S/C11H7BrF6O3/c12-7-3-1-6(2-4-7)5-21-8(19)9(20,10(13,14)15)11(16,17)18/h1-4,20H,5H2. The lowest BCUT2D eigenvalue weighted by Gasteiger charge is -2.29. The monoisotopic (exact) mass is 380 g/mol. The van der Waals surface area contributed by atoms with Gasteiger partial charge < -0.3 is 9.84 Å². The van der Waals surface area contributed by atoms with Gasteiger partial charge in [-0.2, -0.15) is 26.3 Å². The topological polar surface area (TPSA) is 46.5 Å². The summed E-state index contributed by atoms with van der Waals surface area (Å²) < 4.78 is 78.7. The zero-order chi connectivity index (χ0) is 16.5. The van der Waals surface area contributed by atoms with Crippen LogP contribution in [0.5, 0.6) is 0 Å². The molecule has 0 aromatic heterocycles. The molecule has 118 valence electrons. The molecule has 0 saturated carbocycles. The van der Waals surface area contributed by atoms with Crippen molar-refractivity contribution in [1.82, 2.24) is 0 Å². The lowest BCUT2D eigenvalue weighted by molar-refractivity contribution is -0.357. The number of ether oxygens (including phenoxy) is 1. The molecule has 0 unspecified atom stereocenters. The van der Waals surface area contributed by atoms with Crippen molar-refractivity contribution in [2.45, 2.75) is 24.6 Å². The Hall–Kier alpha value is -1.29. The highest BCUT2D eigenvalue weighted by atomic mass is 79.9. The zero-order valence-electron chi connectivity index (χ0n) is 9.93. The number of halogens is 7. The van der Waals surface area contributed by atoms with Gasteiger partial charge in [-0.05, 0) is 17.7 Å². The maximum atomic E-state index is 12.4. The van der Waals surface area contributed by atoms with Crippen molar-refractivity contribution in [3.63, 3.8) is 0 Å². The van der Waals surface area contributed by atoms with Gasteiger partial charge in [0.05, 0.1) is 0 Å². The van der Waals surface area contributed by atoms with Gasteiger partial charge >= 0.3 is 23.9 Å². The Kier molecular flexibility index (Phi) is 4.94. The average molecular weight is 381 g/mol. The third-order valence-electron chi connectivity index (χ3n) is 2.40. The number of hydrogen-bond acceptors (Lipinski definition) is 3. The van der Waals surface area contributed by atoms with E-state index in [0.29, 0.717) is 4.47 Å². The van der Waals surface area contributed by atoms with Crippen LogP contribution in [0.15, 0.2) is 28.7 Å². The summed E-state index contributed by atoms with van der Waals surface area (Å²) in [6, 6.07) is 5.53. The van der Waals surface area contributed by atoms with E-state index in [1.54, 1.807) is 0 Å². The second-order valence-corrected chi connectivity index (χ2v) is 4.82. The fourth-order valence-corrected chi connectivity index (χ4v) is 1.49. The molecule has 0 heterocycles. The average Bonchev–Trinajstić information content (AvgIpc) is 2.34. The fourth-order valence-electron chi connectivity index (χ4n) is 1.23. The van der Waals surface area contributed by atoms with Gasteiger partial charge in [-0.25, -0.2) is 4.79 Å². The van der Waals surface area contributed by atoms with Crippen LogP contribution in [0.25, 0.3) is 0 Å². The quantitative estimate of drug-likeness (QED) is 0.646. The number of aliphatic hydroxyl groups is 1. The van der Waals surface area contributed by atoms with Crippen molar-refractivity contribution in [3.05, 3.63) is 34.3 Å². The normalized spacial score (nSPS) is 13.1. The van der Waals surface area contributed by atoms with E-state index < -0.39 is 30.5 Å². The van der Waals surface area contributed by atoms with Crippen molar-refractivity contribution in [3.8, 4) is 0 Å². The first-order chi connectivity index (χ1) is 9.39. The van der Waals surface area contributed by atoms with Gasteiger partial charge in [0, 0.05) is 4.47 Å². The van der Waals surface area contributed by atoms with Crippen molar-refractivity contribution in [2.24, 2.45) is 0 Å². The maximum absolute atomic E-state index is 12.4. The van der Waals surface area contributed by atoms with Gasteiger partial charge in [-0.3, -0.25) is 0 Å². The third-order valence-corrected chi connectivity index (χ3v) is 2.93. The molecule has 21 heavy (non-hydrogen) atoms. The number of rotatable bonds is 3. The van der Waals surface area contributed by atoms with Gasteiger partial charge in [0.15, 0.2) is 0 Å². The van der Waals surface area contributed by atoms with E-state index in [-0.39, 0.29) is 5.56 Å². The Bertz CT molecular complexity index is 494. The fraction of sp³-hybridized carbons (Fsp3) is 0.364. The molecule has 0 saturated heterocycles. The lowest BCUT2D eigenvalue weighted by Crippen LogP contribution is -2.62. The van der Waals surface area contributed by atoms with E-state index in [2.05, 4.69) is 20.7 Å². The Morgan fingerprint density at radius 2 is 1.48 bits per heavy atom. The summed E-state index contributed by atoms with van der Waals surface area (Å²) in [4.78, 5) is 11.1. The van der Waals surface area contributed by atoms with Gasteiger partial charge in [0.25, 0.3) is 0 Å². The highest BCUT2D eigenvalue weighted by Crippen LogP contribution is 2.43. The Morgan fingerprint density at radius 3 is 1.86 bits per heavy atom. The third kappa shape index (κ3) is 3.67. The molecular weight excluding hydrogens is 374 g/mol. The Balaban J connectivity index is 2.91. The van der Waals surface area contributed by atoms with Crippen LogP contribution in [0.4, 0.5) is 26.3 Å². The molecule has 0 amide bonds. The zero-order valence-corrected chi connectivity index (χ0v) is 11.5. The van der Waals surface area contributed by atoms with Crippen LogP contribution in [0.1, 0.15) is 5.56 Å². The molecule has 0 aliphatic carbocycles. The van der Waals surface area contributed by atoms with E-state index >= 15 is 0 Å². The largest absolute Gasteiger partial charge is 0.458 e. The summed E-state index contributed by atoms with van der Waals surface area (Å²) in [6.07, 6.45) is -12.5. The van der Waals surface area contributed by atoms with E-state index in [0.717, 1.165) is 0 Å². The molecule has 0 radical (unpaired) electrons. The van der Waals surface area contributed by atoms with Crippen LogP contribution < -0.4 is 0 Å². The van der Waals surface area contributed by atoms with Crippen molar-refractivity contribution >= 4 is 21.9 Å². The molecule has 0 fully saturated rings. The predicted octanol–water partition coefficient (Wildman–Crippen LogP) is 3.35. The summed E-state index contributed by atoms with van der Waals surface area (Å²) in [5.41, 5.74) is -5.41. The van der Waals surface area contributed by atoms with Crippen molar-refractivity contribution in [1.29, 1.82) is 0 Å². The van der Waals surface area contributed by atoms with Crippen LogP contribution in [0.3, 0.4) is 0 Å². The van der Waals surface area contributed by atoms with Gasteiger partial charge in [-0.1, -0.05) is 28.1 Å². The first kappa shape index (κ1) is 17.8. The minimum atomic E-state index is -6.25. The molecule has 1 rings (SSSR count). The van der Waals surface area contributed by atoms with Gasteiger partial charge in [0.2, 0.25) is 0 Å². The van der Waals surface area contributed by atoms with E-state index in [1.807, 2.05) is 0 Å². The highest BCUT2D eigenvalue weighted by molar-refractivity contribution is 9.10. The molecule has 1 N–H and O–H groups in total. The number of alkyl halides is 6. The Labute approximate surface area is 122 Å². The van der Waals surface area contributed by atoms with Gasteiger partial charge in [-0.15, -0.1) is 0 Å². The second-order valence-electron chi connectivity index (χ2n) is 3.91. The molecule has 0 aliphatic heterocycles. The van der Waals surface area contributed by atoms with E-state index in [4.69, 9.17) is 5.11 Å². The number of carbonyl (C=O) groups is 1. The summed E-state index contributed by atoms with van der Waals surface area (Å²) in [5.74, 6) is -2.83. The molecular formula is C11H7BrF6O3. The first-order valence-corrected chi connectivity index (χ1v) is 5.96. The first-order valence-electron chi connectivity index (χ1n) is 5.17. The van der Waals surface area contributed by atoms with Crippen molar-refractivity contribution < 1.29 is 41.0 Å². The molecule has 10 heteroatoms. The highest BCUT2D eigenvalue weighted by Gasteiger charge is 2.76. The summed E-state index contributed by atoms with van der Waals surface area (Å²) in [6.45, 7) is -0.847.